The van der Waals surface area contributed by atoms with Crippen molar-refractivity contribution in [3.05, 3.63) is 34.0 Å². The Labute approximate surface area is 134 Å². The minimum atomic E-state index is 0.976. The Morgan fingerprint density at radius 3 is 2.45 bits per heavy atom. The summed E-state index contributed by atoms with van der Waals surface area (Å²) in [4.78, 5) is 0. The van der Waals surface area contributed by atoms with Gasteiger partial charge in [0.2, 0.25) is 0 Å². The van der Waals surface area contributed by atoms with Crippen LogP contribution in [0.4, 0.5) is 0 Å². The van der Waals surface area contributed by atoms with Crippen molar-refractivity contribution < 1.29 is 0 Å². The summed E-state index contributed by atoms with van der Waals surface area (Å²) in [5.74, 6) is 0. The number of aryl methyl sites for hydroxylation is 1. The Bertz CT molecular complexity index is 508. The average molecular weight is 383 g/mol. The van der Waals surface area contributed by atoms with Gasteiger partial charge in [-0.3, -0.25) is 0 Å². The first-order valence-electron chi connectivity index (χ1n) is 7.47. The molecule has 0 atom stereocenters. The number of halogens is 1. The highest BCUT2D eigenvalue weighted by Gasteiger charge is 2.11. The molecule has 2 aromatic rings. The van der Waals surface area contributed by atoms with Crippen LogP contribution in [0.5, 0.6) is 0 Å². The molecule has 2 rings (SSSR count). The third kappa shape index (κ3) is 4.30. The maximum Gasteiger partial charge on any atom is 0.127 e. The molecular formula is C16H22IN3. The first-order chi connectivity index (χ1) is 9.83. The van der Waals surface area contributed by atoms with Gasteiger partial charge in [0.25, 0.3) is 0 Å². The summed E-state index contributed by atoms with van der Waals surface area (Å²) in [5.41, 5.74) is 2.14. The molecule has 0 aliphatic carbocycles. The summed E-state index contributed by atoms with van der Waals surface area (Å²) < 4.78 is 3.17. The zero-order valence-corrected chi connectivity index (χ0v) is 14.2. The van der Waals surface area contributed by atoms with Crippen LogP contribution in [0.3, 0.4) is 0 Å². The van der Waals surface area contributed by atoms with Crippen LogP contribution in [0.15, 0.2) is 30.3 Å². The molecule has 1 heterocycles. The van der Waals surface area contributed by atoms with E-state index in [1.54, 1.807) is 0 Å². The fourth-order valence-electron chi connectivity index (χ4n) is 2.26. The molecule has 1 aromatic heterocycles. The van der Waals surface area contributed by atoms with Gasteiger partial charge in [-0.1, -0.05) is 74.6 Å². The normalized spacial score (nSPS) is 10.9. The highest BCUT2D eigenvalue weighted by Crippen LogP contribution is 2.22. The molecule has 0 aliphatic heterocycles. The van der Waals surface area contributed by atoms with Crippen LogP contribution >= 0.6 is 22.6 Å². The highest BCUT2D eigenvalue weighted by molar-refractivity contribution is 14.1. The van der Waals surface area contributed by atoms with E-state index in [0.29, 0.717) is 0 Å². The molecular weight excluding hydrogens is 361 g/mol. The Balaban J connectivity index is 1.86. The molecule has 0 N–H and O–H groups in total. The SMILES string of the molecule is CCCCCCCCn1nnc(-c2ccccc2)c1I. The van der Waals surface area contributed by atoms with E-state index in [-0.39, 0.29) is 0 Å². The molecule has 3 nitrogen and oxygen atoms in total. The van der Waals surface area contributed by atoms with Crippen molar-refractivity contribution in [1.29, 1.82) is 0 Å². The summed E-state index contributed by atoms with van der Waals surface area (Å²) >= 11 is 2.35. The number of rotatable bonds is 8. The highest BCUT2D eigenvalue weighted by atomic mass is 127. The van der Waals surface area contributed by atoms with E-state index in [4.69, 9.17) is 0 Å². The quantitative estimate of drug-likeness (QED) is 0.479. The minimum absolute atomic E-state index is 0.976. The van der Waals surface area contributed by atoms with E-state index in [9.17, 15) is 0 Å². The summed E-state index contributed by atoms with van der Waals surface area (Å²) in [6.45, 7) is 3.23. The summed E-state index contributed by atoms with van der Waals surface area (Å²) in [5, 5.41) is 8.61. The summed E-state index contributed by atoms with van der Waals surface area (Å²) in [7, 11) is 0. The van der Waals surface area contributed by atoms with Gasteiger partial charge in [0.05, 0.1) is 0 Å². The summed E-state index contributed by atoms with van der Waals surface area (Å²) in [6, 6.07) is 10.3. The number of aromatic nitrogens is 3. The second-order valence-corrected chi connectivity index (χ2v) is 6.11. The predicted octanol–water partition coefficient (Wildman–Crippen LogP) is 4.91. The molecule has 108 valence electrons. The molecule has 0 amide bonds. The van der Waals surface area contributed by atoms with Crippen molar-refractivity contribution >= 4 is 22.6 Å². The minimum Gasteiger partial charge on any atom is -0.238 e. The maximum atomic E-state index is 4.32. The van der Waals surface area contributed by atoms with E-state index in [0.717, 1.165) is 21.5 Å². The smallest absolute Gasteiger partial charge is 0.127 e. The van der Waals surface area contributed by atoms with Crippen molar-refractivity contribution in [2.24, 2.45) is 0 Å². The standard InChI is InChI=1S/C16H22IN3/c1-2-3-4-5-6-10-13-20-16(17)15(18-19-20)14-11-8-7-9-12-14/h7-9,11-12H,2-6,10,13H2,1H3. The second-order valence-electron chi connectivity index (χ2n) is 5.09. The van der Waals surface area contributed by atoms with Crippen LogP contribution in [0, 0.1) is 3.70 Å². The lowest BCUT2D eigenvalue weighted by atomic mass is 10.1. The predicted molar refractivity (Wildman–Crippen MR) is 91.6 cm³/mol. The van der Waals surface area contributed by atoms with Gasteiger partial charge in [-0.2, -0.15) is 0 Å². The molecule has 0 spiro atoms. The van der Waals surface area contributed by atoms with Crippen LogP contribution in [0.25, 0.3) is 11.3 Å². The lowest BCUT2D eigenvalue weighted by Gasteiger charge is -2.03. The van der Waals surface area contributed by atoms with Crippen LogP contribution in [-0.2, 0) is 6.54 Å². The number of unbranched alkanes of at least 4 members (excludes halogenated alkanes) is 5. The monoisotopic (exact) mass is 383 g/mol. The Morgan fingerprint density at radius 2 is 1.70 bits per heavy atom. The molecule has 0 aliphatic rings. The maximum absolute atomic E-state index is 4.32. The largest absolute Gasteiger partial charge is 0.238 e. The van der Waals surface area contributed by atoms with Gasteiger partial charge >= 0.3 is 0 Å². The van der Waals surface area contributed by atoms with E-state index in [2.05, 4.69) is 52.0 Å². The Morgan fingerprint density at radius 1 is 1.00 bits per heavy atom. The first kappa shape index (κ1) is 15.5. The molecule has 0 saturated carbocycles. The zero-order chi connectivity index (χ0) is 14.2. The fourth-order valence-corrected chi connectivity index (χ4v) is 3.02. The van der Waals surface area contributed by atoms with Crippen LogP contribution in [0.1, 0.15) is 45.4 Å². The van der Waals surface area contributed by atoms with E-state index in [1.165, 1.54) is 38.5 Å². The van der Waals surface area contributed by atoms with Crippen molar-refractivity contribution in [1.82, 2.24) is 15.0 Å². The number of hydrogen-bond acceptors (Lipinski definition) is 2. The number of nitrogens with zero attached hydrogens (tertiary/aromatic N) is 3. The topological polar surface area (TPSA) is 30.7 Å². The van der Waals surface area contributed by atoms with Crippen molar-refractivity contribution in [2.45, 2.75) is 52.0 Å². The summed E-state index contributed by atoms with van der Waals surface area (Å²) in [6.07, 6.45) is 7.85. The number of benzene rings is 1. The van der Waals surface area contributed by atoms with E-state index in [1.807, 2.05) is 22.9 Å². The van der Waals surface area contributed by atoms with Gasteiger partial charge in [0.1, 0.15) is 9.39 Å². The van der Waals surface area contributed by atoms with E-state index >= 15 is 0 Å². The molecule has 0 unspecified atom stereocenters. The fraction of sp³-hybridized carbons (Fsp3) is 0.500. The molecule has 0 radical (unpaired) electrons. The number of hydrogen-bond donors (Lipinski definition) is 0. The van der Waals surface area contributed by atoms with Gasteiger partial charge in [0, 0.05) is 12.1 Å². The third-order valence-electron chi connectivity index (χ3n) is 3.45. The molecule has 0 bridgehead atoms. The zero-order valence-electron chi connectivity index (χ0n) is 12.1. The molecule has 20 heavy (non-hydrogen) atoms. The first-order valence-corrected chi connectivity index (χ1v) is 8.55. The van der Waals surface area contributed by atoms with Crippen molar-refractivity contribution in [3.8, 4) is 11.3 Å². The molecule has 1 aromatic carbocycles. The lowest BCUT2D eigenvalue weighted by Crippen LogP contribution is -2.02. The molecule has 0 saturated heterocycles. The van der Waals surface area contributed by atoms with Gasteiger partial charge in [-0.25, -0.2) is 4.68 Å². The average Bonchev–Trinajstić information content (AvgIpc) is 2.85. The van der Waals surface area contributed by atoms with Crippen LogP contribution < -0.4 is 0 Å². The van der Waals surface area contributed by atoms with Gasteiger partial charge < -0.3 is 0 Å². The Kier molecular flexibility index (Phi) is 6.50. The van der Waals surface area contributed by atoms with Crippen LogP contribution in [-0.4, -0.2) is 15.0 Å². The van der Waals surface area contributed by atoms with Crippen molar-refractivity contribution in [2.75, 3.05) is 0 Å². The van der Waals surface area contributed by atoms with Crippen molar-refractivity contribution in [3.63, 3.8) is 0 Å². The molecule has 4 heteroatoms. The Hall–Kier alpha value is -0.910. The third-order valence-corrected chi connectivity index (χ3v) is 4.51. The molecule has 0 fully saturated rings. The van der Waals surface area contributed by atoms with E-state index < -0.39 is 0 Å². The van der Waals surface area contributed by atoms with Crippen LogP contribution in [0.2, 0.25) is 0 Å². The van der Waals surface area contributed by atoms with Gasteiger partial charge in [-0.15, -0.1) is 5.10 Å². The van der Waals surface area contributed by atoms with Gasteiger partial charge in [-0.05, 0) is 29.0 Å². The van der Waals surface area contributed by atoms with Gasteiger partial charge in [0.15, 0.2) is 0 Å². The lowest BCUT2D eigenvalue weighted by molar-refractivity contribution is 0.510. The second kappa shape index (κ2) is 8.39.